The number of hydrogen-bond acceptors (Lipinski definition) is 32. The predicted octanol–water partition coefficient (Wildman–Crippen LogP) is -11.3. The Bertz CT molecular complexity index is 2850. The Labute approximate surface area is 525 Å². The minimum atomic E-state index is -2.26. The molecule has 3 fully saturated rings. The first-order chi connectivity index (χ1) is 43.8. The molecule has 36 heteroatoms. The van der Waals surface area contributed by atoms with Crippen molar-refractivity contribution in [1.29, 1.82) is 0 Å². The first kappa shape index (κ1) is 72.5. The number of benzene rings is 2. The van der Waals surface area contributed by atoms with E-state index in [1.54, 1.807) is 44.2 Å². The average Bonchev–Trinajstić information content (AvgIpc) is 1.50. The molecule has 25 atom stereocenters. The molecule has 0 aromatic heterocycles. The van der Waals surface area contributed by atoms with Crippen molar-refractivity contribution >= 4 is 47.8 Å². The molecule has 36 nitrogen and oxygen atoms in total. The molecule has 2 aromatic carbocycles. The quantitative estimate of drug-likeness (QED) is 0.0266. The van der Waals surface area contributed by atoms with Crippen LogP contribution in [0.15, 0.2) is 64.6 Å². The Morgan fingerprint density at radius 1 is 0.696 bits per heavy atom. The van der Waals surface area contributed by atoms with Gasteiger partial charge in [0.1, 0.15) is 116 Å². The zero-order valence-corrected chi connectivity index (χ0v) is 49.9. The van der Waals surface area contributed by atoms with Gasteiger partial charge in [-0.05, 0) is 29.7 Å². The normalized spacial score (nSPS) is 32.3. The summed E-state index contributed by atoms with van der Waals surface area (Å²) < 4.78 is 34.2. The maximum absolute atomic E-state index is 14.9. The third-order valence-electron chi connectivity index (χ3n) is 16.4. The molecule has 0 spiro atoms. The zero-order valence-electron chi connectivity index (χ0n) is 49.9. The average molecular weight is 1310 g/mol. The van der Waals surface area contributed by atoms with Gasteiger partial charge in [-0.25, -0.2) is 0 Å². The highest BCUT2D eigenvalue weighted by atomic mass is 16.7. The molecular weight excluding hydrogens is 1230 g/mol. The lowest BCUT2D eigenvalue weighted by atomic mass is 9.93. The Morgan fingerprint density at radius 3 is 1.90 bits per heavy atom. The maximum atomic E-state index is 14.9. The lowest BCUT2D eigenvalue weighted by Gasteiger charge is -2.46. The highest BCUT2D eigenvalue weighted by Crippen LogP contribution is 2.33. The molecule has 0 aliphatic carbocycles. The van der Waals surface area contributed by atoms with Crippen LogP contribution >= 0.6 is 0 Å². The van der Waals surface area contributed by atoms with Crippen LogP contribution in [-0.4, -0.2) is 305 Å². The van der Waals surface area contributed by atoms with Gasteiger partial charge in [-0.15, -0.1) is 0 Å². The number of nitrogens with zero attached hydrogens (tertiary/aromatic N) is 3. The van der Waals surface area contributed by atoms with Crippen LogP contribution in [0.2, 0.25) is 0 Å². The van der Waals surface area contributed by atoms with E-state index in [-0.39, 0.29) is 36.5 Å². The summed E-state index contributed by atoms with van der Waals surface area (Å²) in [6.45, 7) is -1.07. The SMILES string of the molecule is CCCC(=O)OC1C(OC2C(CO)OC(Oc3ccc(C[C@H](NC(=O)[C@@H](N)C(C)c4ccccc4)C(=O)N[C@H](C(=O)N[C@H](C(=O)N[C@H](C=O)CO)C(O)C4CN=C(N)N4C4OC(CO)C(O)C(O)C4O)C(O)C4CN=C(N)N4)cc3)C(O)C2O)OC(CO)C(O)C1O. The first-order valence-corrected chi connectivity index (χ1v) is 29.6. The third kappa shape index (κ3) is 16.9. The van der Waals surface area contributed by atoms with E-state index in [0.29, 0.717) is 12.0 Å². The van der Waals surface area contributed by atoms with E-state index in [0.717, 1.165) is 4.90 Å². The summed E-state index contributed by atoms with van der Waals surface area (Å²) in [5.41, 5.74) is 19.5. The van der Waals surface area contributed by atoms with E-state index in [4.69, 9.17) is 45.6 Å². The minimum absolute atomic E-state index is 0.0565. The molecule has 20 unspecified atom stereocenters. The largest absolute Gasteiger partial charge is 0.462 e. The molecule has 512 valence electrons. The van der Waals surface area contributed by atoms with Gasteiger partial charge in [0.2, 0.25) is 29.9 Å². The van der Waals surface area contributed by atoms with Crippen molar-refractivity contribution in [2.24, 2.45) is 27.2 Å². The van der Waals surface area contributed by atoms with Crippen molar-refractivity contribution in [1.82, 2.24) is 31.5 Å². The monoisotopic (exact) mass is 1310 g/mol. The van der Waals surface area contributed by atoms with Crippen LogP contribution in [-0.2, 0) is 58.9 Å². The summed E-state index contributed by atoms with van der Waals surface area (Å²) in [7, 11) is 0. The molecule has 24 N–H and O–H groups in total. The number of aliphatic imine (C=N–C) groups is 2. The maximum Gasteiger partial charge on any atom is 0.306 e. The molecule has 2 aromatic rings. The highest BCUT2D eigenvalue weighted by molar-refractivity contribution is 5.96. The summed E-state index contributed by atoms with van der Waals surface area (Å²) >= 11 is 0. The Balaban J connectivity index is 1.14. The summed E-state index contributed by atoms with van der Waals surface area (Å²) in [5.74, 6) is -7.04. The number of nitrogens with two attached hydrogens (primary N) is 3. The van der Waals surface area contributed by atoms with Gasteiger partial charge in [0.15, 0.2) is 30.5 Å². The van der Waals surface area contributed by atoms with Crippen LogP contribution < -0.4 is 48.5 Å². The lowest BCUT2D eigenvalue weighted by molar-refractivity contribution is -0.353. The summed E-state index contributed by atoms with van der Waals surface area (Å²) in [5, 5.41) is 153. The standard InChI is InChI=1S/C56H83N11O25/c1-3-7-33(73)91-47-42(79)40(77)31(20-71)89-54(47)92-46-32(21-72)90-53(45(82)43(46)80)87-26-12-10-23(11-13-26)14-27(63-49(84)34(57)22(2)24-8-5-4-6-9-24)48(83)65-35(37(74)28-15-60-55(58)64-28)51(86)66-36(50(85)62-25(17-68)18-69)38(75)29-16-61-56(59)67(29)52-44(81)41(78)39(76)30(19-70)88-52/h4-6,8-13,17,22,25,27-32,34-47,52-54,69-72,74-82H,3,7,14-16,18-21,57H2,1-2H3,(H2,59,61)(H,62,85)(H,63,84)(H,65,83)(H,66,86)(H3,58,60,64)/t22?,25-,27+,28?,29?,30?,31?,32?,34+,35+,36+,37?,38?,39?,40?,41?,42?,43?,44?,45?,46?,47?,52?,53?,54?/m1/s1. The fourth-order valence-corrected chi connectivity index (χ4v) is 11.0. The number of nitrogens with one attached hydrogen (secondary N) is 5. The Morgan fingerprint density at radius 2 is 1.29 bits per heavy atom. The van der Waals surface area contributed by atoms with Crippen LogP contribution in [0.5, 0.6) is 5.75 Å². The van der Waals surface area contributed by atoms with Gasteiger partial charge in [-0.2, -0.15) is 0 Å². The van der Waals surface area contributed by atoms with Gasteiger partial charge in [-0.1, -0.05) is 56.3 Å². The fourth-order valence-electron chi connectivity index (χ4n) is 11.0. The van der Waals surface area contributed by atoms with Crippen molar-refractivity contribution in [2.75, 3.05) is 39.5 Å². The molecule has 7 rings (SSSR count). The lowest BCUT2D eigenvalue weighted by Crippen LogP contribution is -2.70. The van der Waals surface area contributed by atoms with Crippen molar-refractivity contribution < 1.29 is 124 Å². The van der Waals surface area contributed by atoms with Crippen molar-refractivity contribution in [2.45, 2.75) is 186 Å². The molecule has 92 heavy (non-hydrogen) atoms. The van der Waals surface area contributed by atoms with E-state index in [1.807, 2.05) is 0 Å². The molecule has 5 heterocycles. The van der Waals surface area contributed by atoms with Crippen LogP contribution in [0, 0.1) is 0 Å². The van der Waals surface area contributed by atoms with Crippen LogP contribution in [0.1, 0.15) is 43.7 Å². The smallest absolute Gasteiger partial charge is 0.306 e. The van der Waals surface area contributed by atoms with Gasteiger partial charge in [0.05, 0.1) is 57.6 Å². The van der Waals surface area contributed by atoms with E-state index in [1.165, 1.54) is 24.3 Å². The second kappa shape index (κ2) is 32.8. The zero-order chi connectivity index (χ0) is 67.4. The number of guanidine groups is 2. The Kier molecular flexibility index (Phi) is 25.8. The van der Waals surface area contributed by atoms with Crippen LogP contribution in [0.3, 0.4) is 0 Å². The minimum Gasteiger partial charge on any atom is -0.462 e. The number of aliphatic hydroxyl groups is 13. The number of rotatable bonds is 29. The number of ether oxygens (including phenoxy) is 6. The third-order valence-corrected chi connectivity index (χ3v) is 16.4. The van der Waals surface area contributed by atoms with E-state index < -0.39 is 227 Å². The second-order valence-corrected chi connectivity index (χ2v) is 22.7. The number of aliphatic hydroxyl groups excluding tert-OH is 13. The highest BCUT2D eigenvalue weighted by Gasteiger charge is 2.55. The summed E-state index contributed by atoms with van der Waals surface area (Å²) in [6, 6.07) is 2.07. The molecule has 5 aliphatic heterocycles. The van der Waals surface area contributed by atoms with Gasteiger partial charge < -0.3 is 148 Å². The molecule has 3 saturated heterocycles. The van der Waals surface area contributed by atoms with Gasteiger partial charge in [0, 0.05) is 18.8 Å². The van der Waals surface area contributed by atoms with Crippen molar-refractivity contribution in [3.05, 3.63) is 65.7 Å². The van der Waals surface area contributed by atoms with Gasteiger partial charge in [0.25, 0.3) is 0 Å². The van der Waals surface area contributed by atoms with Crippen molar-refractivity contribution in [3.8, 4) is 5.75 Å². The molecule has 0 radical (unpaired) electrons. The molecule has 0 saturated carbocycles. The number of aldehydes is 1. The topological polar surface area (TPSA) is 587 Å². The second-order valence-electron chi connectivity index (χ2n) is 22.7. The van der Waals surface area contributed by atoms with E-state index in [2.05, 4.69) is 36.6 Å². The summed E-state index contributed by atoms with van der Waals surface area (Å²) in [4.78, 5) is 91.6. The number of esters is 1. The van der Waals surface area contributed by atoms with E-state index >= 15 is 0 Å². The van der Waals surface area contributed by atoms with Gasteiger partial charge >= 0.3 is 5.97 Å². The molecule has 0 bridgehead atoms. The van der Waals surface area contributed by atoms with Crippen LogP contribution in [0.4, 0.5) is 0 Å². The number of carbonyl (C=O) groups excluding carboxylic acids is 6. The summed E-state index contributed by atoms with van der Waals surface area (Å²) in [6.07, 6.45) is -30.9. The number of carbonyl (C=O) groups is 6. The molecule has 5 aliphatic rings. The Hall–Kier alpha value is -6.92. The van der Waals surface area contributed by atoms with Crippen LogP contribution in [0.25, 0.3) is 0 Å². The van der Waals surface area contributed by atoms with Crippen molar-refractivity contribution in [3.63, 3.8) is 0 Å². The number of amides is 4. The van der Waals surface area contributed by atoms with Gasteiger partial charge in [-0.3, -0.25) is 34.0 Å². The van der Waals surface area contributed by atoms with E-state index in [9.17, 15) is 95.2 Å². The first-order valence-electron chi connectivity index (χ1n) is 29.6. The molecule has 4 amide bonds. The predicted molar refractivity (Wildman–Crippen MR) is 311 cm³/mol. The number of hydrogen-bond donors (Lipinski definition) is 21. The molecular formula is C56H83N11O25. The fraction of sp³-hybridized carbons (Fsp3) is 0.643.